The molecule has 0 saturated carbocycles. The highest BCUT2D eigenvalue weighted by Gasteiger charge is 2.13. The molecule has 1 aliphatic heterocycles. The molecule has 0 amide bonds. The van der Waals surface area contributed by atoms with Gasteiger partial charge in [-0.3, -0.25) is 3.53 Å². The maximum atomic E-state index is 3.16. The van der Waals surface area contributed by atoms with Crippen LogP contribution in [0.1, 0.15) is 12.8 Å². The van der Waals surface area contributed by atoms with E-state index in [0.717, 1.165) is 5.25 Å². The standard InChI is InChI=1S/C5H10INS/c6-7-4-5-2-1-3-8-5/h5,7H,1-4H2. The lowest BCUT2D eigenvalue weighted by Crippen LogP contribution is -2.13. The van der Waals surface area contributed by atoms with Crippen LogP contribution in [0.3, 0.4) is 0 Å². The van der Waals surface area contributed by atoms with Crippen molar-refractivity contribution in [2.45, 2.75) is 18.1 Å². The van der Waals surface area contributed by atoms with Gasteiger partial charge in [0.05, 0.1) is 0 Å². The first kappa shape index (κ1) is 7.15. The summed E-state index contributed by atoms with van der Waals surface area (Å²) in [5, 5.41) is 0.909. The zero-order valence-electron chi connectivity index (χ0n) is 4.69. The van der Waals surface area contributed by atoms with Crippen molar-refractivity contribution >= 4 is 34.6 Å². The summed E-state index contributed by atoms with van der Waals surface area (Å²) < 4.78 is 3.16. The van der Waals surface area contributed by atoms with Crippen LogP contribution in [0.2, 0.25) is 0 Å². The van der Waals surface area contributed by atoms with Crippen LogP contribution < -0.4 is 3.53 Å². The van der Waals surface area contributed by atoms with Gasteiger partial charge in [-0.1, -0.05) is 0 Å². The fourth-order valence-electron chi connectivity index (χ4n) is 0.891. The second-order valence-electron chi connectivity index (χ2n) is 1.97. The third-order valence-corrected chi connectivity index (χ3v) is 3.17. The molecule has 1 aliphatic rings. The minimum Gasteiger partial charge on any atom is -0.260 e. The van der Waals surface area contributed by atoms with Crippen LogP contribution in [-0.2, 0) is 0 Å². The number of halogens is 1. The van der Waals surface area contributed by atoms with Gasteiger partial charge in [-0.15, -0.1) is 0 Å². The van der Waals surface area contributed by atoms with Crippen LogP contribution in [0.15, 0.2) is 0 Å². The van der Waals surface area contributed by atoms with E-state index < -0.39 is 0 Å². The SMILES string of the molecule is INCC1CCCS1. The van der Waals surface area contributed by atoms with Crippen LogP contribution in [0.25, 0.3) is 0 Å². The molecule has 1 unspecified atom stereocenters. The predicted molar refractivity (Wildman–Crippen MR) is 47.5 cm³/mol. The third kappa shape index (κ3) is 2.11. The Labute approximate surface area is 68.5 Å². The molecule has 0 aromatic heterocycles. The summed E-state index contributed by atoms with van der Waals surface area (Å²) >= 11 is 4.31. The summed E-state index contributed by atoms with van der Waals surface area (Å²) in [6.07, 6.45) is 2.84. The summed E-state index contributed by atoms with van der Waals surface area (Å²) in [6, 6.07) is 0. The Morgan fingerprint density at radius 1 is 1.75 bits per heavy atom. The minimum absolute atomic E-state index is 0.909. The first-order valence-electron chi connectivity index (χ1n) is 2.88. The van der Waals surface area contributed by atoms with Crippen molar-refractivity contribution in [3.63, 3.8) is 0 Å². The van der Waals surface area contributed by atoms with E-state index >= 15 is 0 Å². The number of nitrogens with one attached hydrogen (secondary N) is 1. The van der Waals surface area contributed by atoms with Gasteiger partial charge < -0.3 is 0 Å². The third-order valence-electron chi connectivity index (χ3n) is 1.33. The Morgan fingerprint density at radius 2 is 2.62 bits per heavy atom. The molecule has 0 spiro atoms. The van der Waals surface area contributed by atoms with Gasteiger partial charge in [0.2, 0.25) is 0 Å². The molecule has 3 heteroatoms. The fraction of sp³-hybridized carbons (Fsp3) is 1.00. The molecule has 48 valence electrons. The molecule has 1 nitrogen and oxygen atoms in total. The van der Waals surface area contributed by atoms with Gasteiger partial charge in [0.1, 0.15) is 0 Å². The summed E-state index contributed by atoms with van der Waals surface area (Å²) in [6.45, 7) is 1.19. The average Bonchev–Trinajstić information content (AvgIpc) is 2.19. The van der Waals surface area contributed by atoms with Crippen molar-refractivity contribution in [2.24, 2.45) is 0 Å². The van der Waals surface area contributed by atoms with Gasteiger partial charge in [-0.2, -0.15) is 11.8 Å². The van der Waals surface area contributed by atoms with E-state index in [2.05, 4.69) is 38.2 Å². The quantitative estimate of drug-likeness (QED) is 0.586. The smallest absolute Gasteiger partial charge is 0.0180 e. The zero-order chi connectivity index (χ0) is 5.82. The van der Waals surface area contributed by atoms with E-state index in [1.165, 1.54) is 25.1 Å². The maximum Gasteiger partial charge on any atom is 0.0180 e. The largest absolute Gasteiger partial charge is 0.260 e. The maximum absolute atomic E-state index is 3.16. The molecule has 0 aliphatic carbocycles. The van der Waals surface area contributed by atoms with E-state index in [0.29, 0.717) is 0 Å². The second kappa shape index (κ2) is 3.95. The van der Waals surface area contributed by atoms with E-state index in [4.69, 9.17) is 0 Å². The number of hydrogen-bond donors (Lipinski definition) is 1. The molecule has 1 rings (SSSR count). The lowest BCUT2D eigenvalue weighted by Gasteiger charge is -2.03. The lowest BCUT2D eigenvalue weighted by molar-refractivity contribution is 0.773. The Kier molecular flexibility index (Phi) is 3.53. The highest BCUT2D eigenvalue weighted by atomic mass is 127. The lowest BCUT2D eigenvalue weighted by atomic mass is 10.2. The van der Waals surface area contributed by atoms with Crippen molar-refractivity contribution < 1.29 is 0 Å². The van der Waals surface area contributed by atoms with Crippen LogP contribution >= 0.6 is 34.6 Å². The van der Waals surface area contributed by atoms with Gasteiger partial charge in [-0.05, 0) is 18.6 Å². The molecule has 0 aromatic rings. The molecule has 1 N–H and O–H groups in total. The first-order chi connectivity index (χ1) is 3.93. The van der Waals surface area contributed by atoms with E-state index in [-0.39, 0.29) is 0 Å². The monoisotopic (exact) mass is 243 g/mol. The summed E-state index contributed by atoms with van der Waals surface area (Å²) in [4.78, 5) is 0. The molecule has 1 fully saturated rings. The van der Waals surface area contributed by atoms with Gasteiger partial charge >= 0.3 is 0 Å². The molecule has 0 bridgehead atoms. The molecule has 0 radical (unpaired) electrons. The normalized spacial score (nSPS) is 28.9. The van der Waals surface area contributed by atoms with Gasteiger partial charge in [-0.25, -0.2) is 0 Å². The molecule has 1 saturated heterocycles. The van der Waals surface area contributed by atoms with Gasteiger partial charge in [0.25, 0.3) is 0 Å². The molecule has 1 atom stereocenters. The Balaban J connectivity index is 2.06. The molecular weight excluding hydrogens is 233 g/mol. The van der Waals surface area contributed by atoms with Crippen molar-refractivity contribution in [1.29, 1.82) is 0 Å². The number of thioether (sulfide) groups is 1. The van der Waals surface area contributed by atoms with E-state index in [1.54, 1.807) is 0 Å². The average molecular weight is 243 g/mol. The molecule has 0 aromatic carbocycles. The van der Waals surface area contributed by atoms with Crippen LogP contribution in [-0.4, -0.2) is 17.5 Å². The fourth-order valence-corrected chi connectivity index (χ4v) is 2.92. The molecular formula is C5H10INS. The number of hydrogen-bond acceptors (Lipinski definition) is 2. The first-order valence-corrected chi connectivity index (χ1v) is 5.01. The van der Waals surface area contributed by atoms with Crippen molar-refractivity contribution in [2.75, 3.05) is 12.3 Å². The number of rotatable bonds is 2. The van der Waals surface area contributed by atoms with Crippen LogP contribution in [0.4, 0.5) is 0 Å². The van der Waals surface area contributed by atoms with Gasteiger partial charge in [0, 0.05) is 34.7 Å². The Bertz CT molecular complexity index is 63.4. The van der Waals surface area contributed by atoms with Crippen molar-refractivity contribution in [1.82, 2.24) is 3.53 Å². The minimum atomic E-state index is 0.909. The molecule has 1 heterocycles. The summed E-state index contributed by atoms with van der Waals surface area (Å²) in [5.41, 5.74) is 0. The topological polar surface area (TPSA) is 12.0 Å². The highest BCUT2D eigenvalue weighted by Crippen LogP contribution is 2.25. The molecule has 8 heavy (non-hydrogen) atoms. The zero-order valence-corrected chi connectivity index (χ0v) is 7.67. The van der Waals surface area contributed by atoms with Crippen molar-refractivity contribution in [3.8, 4) is 0 Å². The van der Waals surface area contributed by atoms with Crippen LogP contribution in [0, 0.1) is 0 Å². The predicted octanol–water partition coefficient (Wildman–Crippen LogP) is 1.82. The van der Waals surface area contributed by atoms with Crippen LogP contribution in [0.5, 0.6) is 0 Å². The Morgan fingerprint density at radius 3 is 3.12 bits per heavy atom. The van der Waals surface area contributed by atoms with E-state index in [1.807, 2.05) is 0 Å². The Hall–Kier alpha value is 1.04. The van der Waals surface area contributed by atoms with Crippen molar-refractivity contribution in [3.05, 3.63) is 0 Å². The van der Waals surface area contributed by atoms with E-state index in [9.17, 15) is 0 Å². The van der Waals surface area contributed by atoms with Gasteiger partial charge in [0.15, 0.2) is 0 Å². The second-order valence-corrected chi connectivity index (χ2v) is 4.14. The summed E-state index contributed by atoms with van der Waals surface area (Å²) in [7, 11) is 0. The highest BCUT2D eigenvalue weighted by molar-refractivity contribution is 14.1. The summed E-state index contributed by atoms with van der Waals surface area (Å²) in [5.74, 6) is 1.38.